The van der Waals surface area contributed by atoms with E-state index in [2.05, 4.69) is 5.32 Å². The minimum atomic E-state index is -1.34. The van der Waals surface area contributed by atoms with Gasteiger partial charge in [0.1, 0.15) is 0 Å². The maximum atomic E-state index is 12.5. The highest BCUT2D eigenvalue weighted by molar-refractivity contribution is 5.90. The zero-order valence-electron chi connectivity index (χ0n) is 11.5. The average molecular weight is 291 g/mol. The molecule has 6 nitrogen and oxygen atoms in total. The Morgan fingerprint density at radius 1 is 1.29 bits per heavy atom. The van der Waals surface area contributed by atoms with Crippen molar-refractivity contribution in [2.45, 2.75) is 24.5 Å². The molecule has 0 aliphatic carbocycles. The van der Waals surface area contributed by atoms with Crippen molar-refractivity contribution < 1.29 is 24.2 Å². The molecule has 0 radical (unpaired) electrons. The number of amides is 1. The van der Waals surface area contributed by atoms with E-state index in [1.807, 2.05) is 24.3 Å². The molecule has 1 aromatic rings. The van der Waals surface area contributed by atoms with Gasteiger partial charge in [-0.25, -0.2) is 4.79 Å². The van der Waals surface area contributed by atoms with Gasteiger partial charge in [-0.3, -0.25) is 4.79 Å². The molecular weight excluding hydrogens is 274 g/mol. The molecule has 0 aromatic heterocycles. The fourth-order valence-electron chi connectivity index (χ4n) is 2.80. The number of benzene rings is 1. The van der Waals surface area contributed by atoms with Gasteiger partial charge in [-0.05, 0) is 17.5 Å². The SMILES string of the molecule is O=C(NC1(C(=O)O)CCOC1)C1OCCc2ccccc21. The van der Waals surface area contributed by atoms with Crippen LogP contribution in [0.3, 0.4) is 0 Å². The number of carbonyl (C=O) groups is 2. The highest BCUT2D eigenvalue weighted by Gasteiger charge is 2.45. The van der Waals surface area contributed by atoms with Gasteiger partial charge in [0.05, 0.1) is 13.2 Å². The number of hydrogen-bond acceptors (Lipinski definition) is 4. The Morgan fingerprint density at radius 2 is 2.10 bits per heavy atom. The zero-order chi connectivity index (χ0) is 14.9. The summed E-state index contributed by atoms with van der Waals surface area (Å²) in [6, 6.07) is 7.57. The third kappa shape index (κ3) is 2.52. The topological polar surface area (TPSA) is 84.9 Å². The summed E-state index contributed by atoms with van der Waals surface area (Å²) in [5, 5.41) is 12.0. The van der Waals surface area contributed by atoms with E-state index in [1.54, 1.807) is 0 Å². The molecule has 1 fully saturated rings. The molecule has 0 saturated carbocycles. The summed E-state index contributed by atoms with van der Waals surface area (Å²) in [5.74, 6) is -1.49. The monoisotopic (exact) mass is 291 g/mol. The first-order chi connectivity index (χ1) is 10.1. The minimum absolute atomic E-state index is 0.0115. The molecule has 2 aliphatic heterocycles. The molecule has 0 bridgehead atoms. The lowest BCUT2D eigenvalue weighted by Gasteiger charge is -2.29. The summed E-state index contributed by atoms with van der Waals surface area (Å²) in [7, 11) is 0. The van der Waals surface area contributed by atoms with Crippen LogP contribution in [-0.4, -0.2) is 42.3 Å². The summed E-state index contributed by atoms with van der Waals surface area (Å²) in [4.78, 5) is 23.9. The van der Waals surface area contributed by atoms with Gasteiger partial charge in [0.2, 0.25) is 0 Å². The van der Waals surface area contributed by atoms with E-state index in [4.69, 9.17) is 9.47 Å². The summed E-state index contributed by atoms with van der Waals surface area (Å²) in [6.45, 7) is 0.767. The number of carboxylic acids is 1. The van der Waals surface area contributed by atoms with Crippen molar-refractivity contribution in [1.29, 1.82) is 0 Å². The maximum Gasteiger partial charge on any atom is 0.331 e. The van der Waals surface area contributed by atoms with Gasteiger partial charge in [0, 0.05) is 13.0 Å². The molecule has 1 saturated heterocycles. The van der Waals surface area contributed by atoms with Crippen molar-refractivity contribution in [2.24, 2.45) is 0 Å². The molecule has 2 N–H and O–H groups in total. The molecule has 0 spiro atoms. The van der Waals surface area contributed by atoms with E-state index < -0.39 is 23.5 Å². The van der Waals surface area contributed by atoms with E-state index in [0.717, 1.165) is 17.5 Å². The highest BCUT2D eigenvalue weighted by Crippen LogP contribution is 2.28. The first-order valence-electron chi connectivity index (χ1n) is 6.95. The molecule has 112 valence electrons. The van der Waals surface area contributed by atoms with E-state index in [1.165, 1.54) is 0 Å². The summed E-state index contributed by atoms with van der Waals surface area (Å²) < 4.78 is 10.7. The van der Waals surface area contributed by atoms with Gasteiger partial charge in [-0.15, -0.1) is 0 Å². The third-order valence-corrected chi connectivity index (χ3v) is 4.03. The quantitative estimate of drug-likeness (QED) is 0.854. The van der Waals surface area contributed by atoms with Gasteiger partial charge in [0.15, 0.2) is 11.6 Å². The third-order valence-electron chi connectivity index (χ3n) is 4.03. The van der Waals surface area contributed by atoms with E-state index in [-0.39, 0.29) is 13.0 Å². The fraction of sp³-hybridized carbons (Fsp3) is 0.467. The Labute approximate surface area is 122 Å². The van der Waals surface area contributed by atoms with Crippen LogP contribution in [0.1, 0.15) is 23.7 Å². The van der Waals surface area contributed by atoms with Crippen LogP contribution >= 0.6 is 0 Å². The summed E-state index contributed by atoms with van der Waals surface area (Å²) in [5.41, 5.74) is 0.531. The van der Waals surface area contributed by atoms with Crippen molar-refractivity contribution >= 4 is 11.9 Å². The van der Waals surface area contributed by atoms with E-state index in [9.17, 15) is 14.7 Å². The first kappa shape index (κ1) is 14.0. The second-order valence-corrected chi connectivity index (χ2v) is 5.38. The second kappa shape index (κ2) is 5.46. The molecular formula is C15H17NO5. The lowest BCUT2D eigenvalue weighted by molar-refractivity contribution is -0.150. The molecule has 1 aromatic carbocycles. The Bertz CT molecular complexity index is 565. The number of aliphatic carboxylic acids is 1. The largest absolute Gasteiger partial charge is 0.479 e. The Morgan fingerprint density at radius 3 is 2.81 bits per heavy atom. The predicted molar refractivity (Wildman–Crippen MR) is 72.8 cm³/mol. The Hall–Kier alpha value is -1.92. The molecule has 1 amide bonds. The number of ether oxygens (including phenoxy) is 2. The van der Waals surface area contributed by atoms with Crippen LogP contribution in [0.25, 0.3) is 0 Å². The van der Waals surface area contributed by atoms with E-state index >= 15 is 0 Å². The fourth-order valence-corrected chi connectivity index (χ4v) is 2.80. The van der Waals surface area contributed by atoms with Crippen LogP contribution in [0.4, 0.5) is 0 Å². The standard InChI is InChI=1S/C15H17NO5/c17-13(16-15(14(18)19)6-8-20-9-15)12-11-4-2-1-3-10(11)5-7-21-12/h1-4,12H,5-9H2,(H,16,17)(H,18,19). The van der Waals surface area contributed by atoms with Crippen LogP contribution in [0.5, 0.6) is 0 Å². The van der Waals surface area contributed by atoms with Crippen LogP contribution in [0, 0.1) is 0 Å². The number of hydrogen-bond donors (Lipinski definition) is 2. The smallest absolute Gasteiger partial charge is 0.331 e. The first-order valence-corrected chi connectivity index (χ1v) is 6.95. The van der Waals surface area contributed by atoms with Crippen LogP contribution < -0.4 is 5.32 Å². The van der Waals surface area contributed by atoms with Crippen LogP contribution in [0.15, 0.2) is 24.3 Å². The lowest BCUT2D eigenvalue weighted by Crippen LogP contribution is -2.56. The summed E-state index contributed by atoms with van der Waals surface area (Å²) in [6.07, 6.45) is 0.266. The van der Waals surface area contributed by atoms with E-state index in [0.29, 0.717) is 13.2 Å². The number of carboxylic acid groups (broad SMARTS) is 1. The minimum Gasteiger partial charge on any atom is -0.479 e. The molecule has 6 heteroatoms. The van der Waals surface area contributed by atoms with Crippen molar-refractivity contribution in [3.63, 3.8) is 0 Å². The molecule has 2 atom stereocenters. The summed E-state index contributed by atoms with van der Waals surface area (Å²) >= 11 is 0. The molecule has 2 aliphatic rings. The average Bonchev–Trinajstić information content (AvgIpc) is 2.96. The Balaban J connectivity index is 1.82. The molecule has 21 heavy (non-hydrogen) atoms. The predicted octanol–water partition coefficient (Wildman–Crippen LogP) is 0.660. The molecule has 3 rings (SSSR count). The van der Waals surface area contributed by atoms with Crippen molar-refractivity contribution in [1.82, 2.24) is 5.32 Å². The molecule has 2 heterocycles. The van der Waals surface area contributed by atoms with Gasteiger partial charge < -0.3 is 19.9 Å². The van der Waals surface area contributed by atoms with Crippen LogP contribution in [-0.2, 0) is 25.5 Å². The second-order valence-electron chi connectivity index (χ2n) is 5.38. The Kier molecular flexibility index (Phi) is 3.65. The maximum absolute atomic E-state index is 12.5. The number of nitrogens with one attached hydrogen (secondary N) is 1. The number of rotatable bonds is 3. The molecule has 2 unspecified atom stereocenters. The van der Waals surface area contributed by atoms with Crippen molar-refractivity contribution in [2.75, 3.05) is 19.8 Å². The highest BCUT2D eigenvalue weighted by atomic mass is 16.5. The van der Waals surface area contributed by atoms with Crippen LogP contribution in [0.2, 0.25) is 0 Å². The zero-order valence-corrected chi connectivity index (χ0v) is 11.5. The number of fused-ring (bicyclic) bond motifs is 1. The van der Waals surface area contributed by atoms with Gasteiger partial charge >= 0.3 is 5.97 Å². The van der Waals surface area contributed by atoms with Crippen molar-refractivity contribution in [3.05, 3.63) is 35.4 Å². The lowest BCUT2D eigenvalue weighted by atomic mass is 9.94. The van der Waals surface area contributed by atoms with Gasteiger partial charge in [0.25, 0.3) is 5.91 Å². The van der Waals surface area contributed by atoms with Crippen molar-refractivity contribution in [3.8, 4) is 0 Å². The van der Waals surface area contributed by atoms with Gasteiger partial charge in [-0.2, -0.15) is 0 Å². The normalized spacial score (nSPS) is 27.9. The van der Waals surface area contributed by atoms with Gasteiger partial charge in [-0.1, -0.05) is 24.3 Å². The number of carbonyl (C=O) groups excluding carboxylic acids is 1.